The van der Waals surface area contributed by atoms with E-state index in [1.54, 1.807) is 0 Å². The lowest BCUT2D eigenvalue weighted by molar-refractivity contribution is 0.586. The number of hydrogen-bond donors (Lipinski definition) is 2. The summed E-state index contributed by atoms with van der Waals surface area (Å²) in [6, 6.07) is 20.8. The van der Waals surface area contributed by atoms with Crippen molar-refractivity contribution < 1.29 is 8.78 Å². The van der Waals surface area contributed by atoms with Crippen LogP contribution in [0.5, 0.6) is 0 Å². The molecule has 1 aromatic heterocycles. The molecule has 0 aliphatic carbocycles. The zero-order valence-corrected chi connectivity index (χ0v) is 14.3. The summed E-state index contributed by atoms with van der Waals surface area (Å²) in [6.45, 7) is 0.589. The van der Waals surface area contributed by atoms with E-state index in [2.05, 4.69) is 20.6 Å². The maximum Gasteiger partial charge on any atom is 0.229 e. The fourth-order valence-corrected chi connectivity index (χ4v) is 2.76. The molecule has 0 unspecified atom stereocenters. The van der Waals surface area contributed by atoms with Gasteiger partial charge in [0, 0.05) is 18.0 Å². The van der Waals surface area contributed by atoms with Gasteiger partial charge in [-0.2, -0.15) is 4.98 Å². The van der Waals surface area contributed by atoms with Crippen molar-refractivity contribution >= 4 is 28.4 Å². The third-order valence-corrected chi connectivity index (χ3v) is 4.08. The molecule has 0 bridgehead atoms. The first kappa shape index (κ1) is 16.9. The molecule has 27 heavy (non-hydrogen) atoms. The summed E-state index contributed by atoms with van der Waals surface area (Å²) in [6.07, 6.45) is 0. The summed E-state index contributed by atoms with van der Waals surface area (Å²) < 4.78 is 27.1. The smallest absolute Gasteiger partial charge is 0.229 e. The molecule has 0 amide bonds. The largest absolute Gasteiger partial charge is 0.365 e. The Balaban J connectivity index is 1.67. The number of hydrogen-bond acceptors (Lipinski definition) is 4. The molecule has 0 aliphatic rings. The Morgan fingerprint density at radius 3 is 2.41 bits per heavy atom. The molecular formula is C21H16F2N4. The Hall–Kier alpha value is -3.54. The van der Waals surface area contributed by atoms with Crippen molar-refractivity contribution in [1.82, 2.24) is 9.97 Å². The molecule has 0 spiro atoms. The van der Waals surface area contributed by atoms with Crippen LogP contribution in [0, 0.1) is 11.6 Å². The van der Waals surface area contributed by atoms with Gasteiger partial charge >= 0.3 is 0 Å². The van der Waals surface area contributed by atoms with Gasteiger partial charge in [0.15, 0.2) is 0 Å². The van der Waals surface area contributed by atoms with E-state index >= 15 is 0 Å². The molecule has 0 fully saturated rings. The Labute approximate surface area is 154 Å². The van der Waals surface area contributed by atoms with Crippen LogP contribution in [0.1, 0.15) is 5.56 Å². The topological polar surface area (TPSA) is 49.8 Å². The molecule has 4 aromatic rings. The molecule has 4 nitrogen and oxygen atoms in total. The highest BCUT2D eigenvalue weighted by atomic mass is 19.1. The lowest BCUT2D eigenvalue weighted by Crippen LogP contribution is -2.06. The Bertz CT molecular complexity index is 1080. The van der Waals surface area contributed by atoms with Gasteiger partial charge in [-0.15, -0.1) is 0 Å². The van der Waals surface area contributed by atoms with Crippen LogP contribution < -0.4 is 10.6 Å². The highest BCUT2D eigenvalue weighted by molar-refractivity contribution is 5.90. The summed E-state index contributed by atoms with van der Waals surface area (Å²) in [4.78, 5) is 8.91. The molecule has 0 radical (unpaired) electrons. The van der Waals surface area contributed by atoms with E-state index in [0.29, 0.717) is 17.9 Å². The van der Waals surface area contributed by atoms with E-state index in [1.807, 2.05) is 54.6 Å². The summed E-state index contributed by atoms with van der Waals surface area (Å²) in [5.74, 6) is -0.475. The standard InChI is InChI=1S/C21H16F2N4/c22-15-10-11-19(17(23)12-15)26-21-25-18-9-5-4-8-16(18)20(27-21)24-13-14-6-2-1-3-7-14/h1-12H,13H2,(H2,24,25,26,27). The molecule has 134 valence electrons. The second-order valence-corrected chi connectivity index (χ2v) is 6.00. The summed E-state index contributed by atoms with van der Waals surface area (Å²) in [5, 5.41) is 7.00. The van der Waals surface area contributed by atoms with Gasteiger partial charge < -0.3 is 10.6 Å². The van der Waals surface area contributed by atoms with Crippen LogP contribution in [0.4, 0.5) is 26.2 Å². The first-order valence-electron chi connectivity index (χ1n) is 8.46. The molecule has 3 aromatic carbocycles. The fraction of sp³-hybridized carbons (Fsp3) is 0.0476. The number of nitrogens with one attached hydrogen (secondary N) is 2. The molecule has 0 atom stereocenters. The number of aromatic nitrogens is 2. The van der Waals surface area contributed by atoms with E-state index in [9.17, 15) is 8.78 Å². The predicted octanol–water partition coefficient (Wildman–Crippen LogP) is 5.26. The van der Waals surface area contributed by atoms with Crippen LogP contribution in [-0.4, -0.2) is 9.97 Å². The van der Waals surface area contributed by atoms with Crippen molar-refractivity contribution in [3.05, 3.63) is 90.0 Å². The van der Waals surface area contributed by atoms with Gasteiger partial charge in [0.05, 0.1) is 11.2 Å². The van der Waals surface area contributed by atoms with E-state index in [4.69, 9.17) is 0 Å². The van der Waals surface area contributed by atoms with Gasteiger partial charge in [-0.05, 0) is 29.8 Å². The van der Waals surface area contributed by atoms with Crippen molar-refractivity contribution in [1.29, 1.82) is 0 Å². The van der Waals surface area contributed by atoms with Gasteiger partial charge in [-0.25, -0.2) is 13.8 Å². The number of benzene rings is 3. The predicted molar refractivity (Wildman–Crippen MR) is 103 cm³/mol. The zero-order valence-electron chi connectivity index (χ0n) is 14.3. The maximum atomic E-state index is 13.9. The van der Waals surface area contributed by atoms with Crippen molar-refractivity contribution in [3.63, 3.8) is 0 Å². The van der Waals surface area contributed by atoms with Crippen LogP contribution in [0.2, 0.25) is 0 Å². The lowest BCUT2D eigenvalue weighted by Gasteiger charge is -2.12. The molecule has 1 heterocycles. The van der Waals surface area contributed by atoms with Crippen LogP contribution in [0.25, 0.3) is 10.9 Å². The first-order valence-corrected chi connectivity index (χ1v) is 8.46. The number of halogens is 2. The van der Waals surface area contributed by atoms with Crippen molar-refractivity contribution in [2.45, 2.75) is 6.54 Å². The number of rotatable bonds is 5. The second kappa shape index (κ2) is 7.37. The lowest BCUT2D eigenvalue weighted by atomic mass is 10.2. The molecule has 0 saturated heterocycles. The third kappa shape index (κ3) is 3.84. The zero-order chi connectivity index (χ0) is 18.6. The van der Waals surface area contributed by atoms with Crippen molar-refractivity contribution in [3.8, 4) is 0 Å². The highest BCUT2D eigenvalue weighted by Crippen LogP contribution is 2.25. The molecule has 4 rings (SSSR count). The van der Waals surface area contributed by atoms with Gasteiger partial charge in [-0.3, -0.25) is 0 Å². The quantitative estimate of drug-likeness (QED) is 0.508. The average Bonchev–Trinajstić information content (AvgIpc) is 2.69. The van der Waals surface area contributed by atoms with Crippen LogP contribution in [0.15, 0.2) is 72.8 Å². The normalized spacial score (nSPS) is 10.7. The van der Waals surface area contributed by atoms with Gasteiger partial charge in [0.25, 0.3) is 0 Å². The third-order valence-electron chi connectivity index (χ3n) is 4.08. The van der Waals surface area contributed by atoms with E-state index in [-0.39, 0.29) is 11.6 Å². The minimum atomic E-state index is -0.703. The number of nitrogens with zero attached hydrogens (tertiary/aromatic N) is 2. The SMILES string of the molecule is Fc1ccc(Nc2nc(NCc3ccccc3)c3ccccc3n2)c(F)c1. The minimum absolute atomic E-state index is 0.112. The summed E-state index contributed by atoms with van der Waals surface area (Å²) in [5.41, 5.74) is 1.94. The summed E-state index contributed by atoms with van der Waals surface area (Å²) in [7, 11) is 0. The molecule has 0 saturated carbocycles. The van der Waals surface area contributed by atoms with E-state index < -0.39 is 11.6 Å². The van der Waals surface area contributed by atoms with Gasteiger partial charge in [-0.1, -0.05) is 42.5 Å². The highest BCUT2D eigenvalue weighted by Gasteiger charge is 2.10. The van der Waals surface area contributed by atoms with Crippen LogP contribution in [-0.2, 0) is 6.54 Å². The number of para-hydroxylation sites is 1. The first-order chi connectivity index (χ1) is 13.2. The number of anilines is 3. The molecule has 0 aliphatic heterocycles. The monoisotopic (exact) mass is 362 g/mol. The van der Waals surface area contributed by atoms with E-state index in [0.717, 1.165) is 17.0 Å². The fourth-order valence-electron chi connectivity index (χ4n) is 2.76. The Morgan fingerprint density at radius 1 is 0.815 bits per heavy atom. The van der Waals surface area contributed by atoms with Crippen molar-refractivity contribution in [2.75, 3.05) is 10.6 Å². The van der Waals surface area contributed by atoms with Crippen LogP contribution in [0.3, 0.4) is 0 Å². The van der Waals surface area contributed by atoms with Gasteiger partial charge in [0.1, 0.15) is 17.5 Å². The number of fused-ring (bicyclic) bond motifs is 1. The van der Waals surface area contributed by atoms with Gasteiger partial charge in [0.2, 0.25) is 5.95 Å². The summed E-state index contributed by atoms with van der Waals surface area (Å²) >= 11 is 0. The van der Waals surface area contributed by atoms with Crippen molar-refractivity contribution in [2.24, 2.45) is 0 Å². The maximum absolute atomic E-state index is 13.9. The second-order valence-electron chi connectivity index (χ2n) is 6.00. The molecule has 2 N–H and O–H groups in total. The molecular weight excluding hydrogens is 346 g/mol. The molecule has 6 heteroatoms. The average molecular weight is 362 g/mol. The minimum Gasteiger partial charge on any atom is -0.365 e. The van der Waals surface area contributed by atoms with E-state index in [1.165, 1.54) is 12.1 Å². The Morgan fingerprint density at radius 2 is 1.59 bits per heavy atom. The Kier molecular flexibility index (Phi) is 4.61. The van der Waals surface area contributed by atoms with Crippen LogP contribution >= 0.6 is 0 Å².